The van der Waals surface area contributed by atoms with Gasteiger partial charge in [-0.05, 0) is 17.7 Å². The van der Waals surface area contributed by atoms with E-state index in [1.807, 2.05) is 0 Å². The van der Waals surface area contributed by atoms with Crippen molar-refractivity contribution >= 4 is 28.2 Å². The number of ketones is 1. The van der Waals surface area contributed by atoms with Crippen LogP contribution in [-0.4, -0.2) is 28.9 Å². The number of carboxylic acid groups (broad SMARTS) is 1. The van der Waals surface area contributed by atoms with E-state index in [1.54, 1.807) is 24.1 Å². The van der Waals surface area contributed by atoms with Crippen LogP contribution in [0.4, 0.5) is 9.52 Å². The van der Waals surface area contributed by atoms with Crippen LogP contribution < -0.4 is 4.90 Å². The molecule has 0 atom stereocenters. The van der Waals surface area contributed by atoms with Gasteiger partial charge in [0.05, 0.1) is 0 Å². The molecule has 0 saturated heterocycles. The molecule has 1 aromatic carbocycles. The van der Waals surface area contributed by atoms with E-state index < -0.39 is 5.97 Å². The number of thiazole rings is 1. The third-order valence-electron chi connectivity index (χ3n) is 2.77. The van der Waals surface area contributed by atoms with Gasteiger partial charge in [-0.3, -0.25) is 4.79 Å². The average Bonchev–Trinajstić information content (AvgIpc) is 2.84. The molecule has 0 unspecified atom stereocenters. The van der Waals surface area contributed by atoms with Crippen molar-refractivity contribution in [3.63, 3.8) is 0 Å². The molecule has 2 rings (SSSR count). The van der Waals surface area contributed by atoms with Gasteiger partial charge >= 0.3 is 5.97 Å². The summed E-state index contributed by atoms with van der Waals surface area (Å²) in [4.78, 5) is 28.3. The van der Waals surface area contributed by atoms with Crippen LogP contribution in [0.1, 0.15) is 32.6 Å². The van der Waals surface area contributed by atoms with Gasteiger partial charge in [-0.2, -0.15) is 0 Å². The minimum atomic E-state index is -1.23. The molecular weight excluding hydrogens is 295 g/mol. The number of carbonyl (C=O) groups excluding carboxylic acids is 1. The first-order valence-electron chi connectivity index (χ1n) is 6.09. The molecule has 5 nitrogen and oxygen atoms in total. The Morgan fingerprint density at radius 3 is 2.67 bits per heavy atom. The zero-order valence-electron chi connectivity index (χ0n) is 11.5. The zero-order valence-corrected chi connectivity index (χ0v) is 12.3. The minimum Gasteiger partial charge on any atom is -0.476 e. The molecule has 0 amide bonds. The number of aromatic carboxylic acids is 1. The molecule has 1 heterocycles. The second-order valence-electron chi connectivity index (χ2n) is 4.52. The SMILES string of the molecule is CC(=O)c1sc(N(C)Cc2cccc(F)c2)nc1C(=O)O. The zero-order chi connectivity index (χ0) is 15.6. The number of carbonyl (C=O) groups is 2. The first-order valence-corrected chi connectivity index (χ1v) is 6.90. The molecule has 0 saturated carbocycles. The smallest absolute Gasteiger partial charge is 0.356 e. The van der Waals surface area contributed by atoms with Crippen LogP contribution in [-0.2, 0) is 6.54 Å². The Kier molecular flexibility index (Phi) is 4.32. The molecular formula is C14H13FN2O3S. The number of rotatable bonds is 5. The van der Waals surface area contributed by atoms with Gasteiger partial charge in [0.25, 0.3) is 0 Å². The number of hydrogen-bond acceptors (Lipinski definition) is 5. The third-order valence-corrected chi connectivity index (χ3v) is 4.04. The van der Waals surface area contributed by atoms with E-state index in [-0.39, 0.29) is 22.2 Å². The van der Waals surface area contributed by atoms with Gasteiger partial charge in [0, 0.05) is 20.5 Å². The molecule has 0 fully saturated rings. The van der Waals surface area contributed by atoms with E-state index in [9.17, 15) is 14.0 Å². The quantitative estimate of drug-likeness (QED) is 0.860. The van der Waals surface area contributed by atoms with E-state index in [2.05, 4.69) is 4.98 Å². The summed E-state index contributed by atoms with van der Waals surface area (Å²) in [5, 5.41) is 9.46. The molecule has 0 spiro atoms. The average molecular weight is 308 g/mol. The van der Waals surface area contributed by atoms with E-state index in [4.69, 9.17) is 5.11 Å². The van der Waals surface area contributed by atoms with Gasteiger partial charge in [0.2, 0.25) is 0 Å². The molecule has 7 heteroatoms. The van der Waals surface area contributed by atoms with Gasteiger partial charge in [0.1, 0.15) is 10.7 Å². The van der Waals surface area contributed by atoms with Gasteiger partial charge in [-0.25, -0.2) is 14.2 Å². The first kappa shape index (κ1) is 15.1. The first-order chi connectivity index (χ1) is 9.88. The molecule has 0 aliphatic carbocycles. The molecule has 0 aliphatic rings. The maximum Gasteiger partial charge on any atom is 0.356 e. The molecule has 0 aliphatic heterocycles. The number of halogens is 1. The van der Waals surface area contributed by atoms with E-state index in [1.165, 1.54) is 19.1 Å². The summed E-state index contributed by atoms with van der Waals surface area (Å²) in [5.74, 6) is -1.91. The van der Waals surface area contributed by atoms with Crippen molar-refractivity contribution in [3.05, 3.63) is 46.2 Å². The molecule has 0 bridgehead atoms. The van der Waals surface area contributed by atoms with Crippen LogP contribution in [0, 0.1) is 5.82 Å². The van der Waals surface area contributed by atoms with Gasteiger partial charge in [-0.1, -0.05) is 23.5 Å². The topological polar surface area (TPSA) is 70.5 Å². The molecule has 21 heavy (non-hydrogen) atoms. The number of nitrogens with zero attached hydrogens (tertiary/aromatic N) is 2. The number of hydrogen-bond donors (Lipinski definition) is 1. The summed E-state index contributed by atoms with van der Waals surface area (Å²) in [6, 6.07) is 6.11. The van der Waals surface area contributed by atoms with E-state index in [0.29, 0.717) is 11.7 Å². The summed E-state index contributed by atoms with van der Waals surface area (Å²) in [6.45, 7) is 1.66. The molecule has 2 aromatic rings. The summed E-state index contributed by atoms with van der Waals surface area (Å²) >= 11 is 1.02. The van der Waals surface area contributed by atoms with Crippen molar-refractivity contribution < 1.29 is 19.1 Å². The highest BCUT2D eigenvalue weighted by Gasteiger charge is 2.22. The summed E-state index contributed by atoms with van der Waals surface area (Å²) < 4.78 is 13.1. The molecule has 1 aromatic heterocycles. The highest BCUT2D eigenvalue weighted by Crippen LogP contribution is 2.27. The maximum absolute atomic E-state index is 13.1. The Hall–Kier alpha value is -2.28. The van der Waals surface area contributed by atoms with Gasteiger partial charge in [0.15, 0.2) is 16.6 Å². The predicted molar refractivity (Wildman–Crippen MR) is 77.6 cm³/mol. The fraction of sp³-hybridized carbons (Fsp3) is 0.214. The molecule has 110 valence electrons. The molecule has 1 N–H and O–H groups in total. The second kappa shape index (κ2) is 6.01. The Morgan fingerprint density at radius 2 is 2.14 bits per heavy atom. The van der Waals surface area contributed by atoms with Crippen molar-refractivity contribution in [2.45, 2.75) is 13.5 Å². The monoisotopic (exact) mass is 308 g/mol. The lowest BCUT2D eigenvalue weighted by atomic mass is 10.2. The van der Waals surface area contributed by atoms with Crippen LogP contribution in [0.15, 0.2) is 24.3 Å². The fourth-order valence-corrected chi connectivity index (χ4v) is 2.75. The normalized spacial score (nSPS) is 10.4. The lowest BCUT2D eigenvalue weighted by Gasteiger charge is -2.15. The third kappa shape index (κ3) is 3.43. The number of anilines is 1. The van der Waals surface area contributed by atoms with Crippen LogP contribution >= 0.6 is 11.3 Å². The van der Waals surface area contributed by atoms with Crippen LogP contribution in [0.5, 0.6) is 0 Å². The van der Waals surface area contributed by atoms with Crippen molar-refractivity contribution in [1.82, 2.24) is 4.98 Å². The standard InChI is InChI=1S/C14H13FN2O3S/c1-8(18)12-11(13(19)20)16-14(21-12)17(2)7-9-4-3-5-10(15)6-9/h3-6H,7H2,1-2H3,(H,19,20). The predicted octanol–water partition coefficient (Wildman–Crippen LogP) is 2.82. The summed E-state index contributed by atoms with van der Waals surface area (Å²) in [5.41, 5.74) is 0.488. The molecule has 0 radical (unpaired) electrons. The van der Waals surface area contributed by atoms with Crippen molar-refractivity contribution in [3.8, 4) is 0 Å². The summed E-state index contributed by atoms with van der Waals surface area (Å²) in [6.07, 6.45) is 0. The maximum atomic E-state index is 13.1. The second-order valence-corrected chi connectivity index (χ2v) is 5.50. The van der Waals surface area contributed by atoms with E-state index >= 15 is 0 Å². The van der Waals surface area contributed by atoms with Crippen molar-refractivity contribution in [1.29, 1.82) is 0 Å². The number of benzene rings is 1. The Labute approximate surface area is 124 Å². The summed E-state index contributed by atoms with van der Waals surface area (Å²) in [7, 11) is 1.71. The fourth-order valence-electron chi connectivity index (χ4n) is 1.83. The lowest BCUT2D eigenvalue weighted by molar-refractivity contribution is 0.0687. The van der Waals surface area contributed by atoms with Crippen LogP contribution in [0.3, 0.4) is 0 Å². The number of aromatic nitrogens is 1. The largest absolute Gasteiger partial charge is 0.476 e. The highest BCUT2D eigenvalue weighted by molar-refractivity contribution is 7.17. The number of Topliss-reactive ketones (excluding diaryl/α,β-unsaturated/α-hetero) is 1. The Balaban J connectivity index is 2.27. The van der Waals surface area contributed by atoms with Crippen LogP contribution in [0.25, 0.3) is 0 Å². The van der Waals surface area contributed by atoms with Crippen LogP contribution in [0.2, 0.25) is 0 Å². The van der Waals surface area contributed by atoms with Gasteiger partial charge < -0.3 is 10.0 Å². The minimum absolute atomic E-state index is 0.114. The van der Waals surface area contributed by atoms with Crippen molar-refractivity contribution in [2.24, 2.45) is 0 Å². The highest BCUT2D eigenvalue weighted by atomic mass is 32.1. The Morgan fingerprint density at radius 1 is 1.43 bits per heavy atom. The lowest BCUT2D eigenvalue weighted by Crippen LogP contribution is -2.16. The Bertz CT molecular complexity index is 668. The van der Waals surface area contributed by atoms with E-state index in [0.717, 1.165) is 16.9 Å². The number of carboxylic acids is 1. The van der Waals surface area contributed by atoms with Gasteiger partial charge in [-0.15, -0.1) is 0 Å². The van der Waals surface area contributed by atoms with Crippen molar-refractivity contribution in [2.75, 3.05) is 11.9 Å².